The van der Waals surface area contributed by atoms with Gasteiger partial charge in [-0.1, -0.05) is 6.07 Å². The van der Waals surface area contributed by atoms with Crippen molar-refractivity contribution in [3.63, 3.8) is 0 Å². The maximum absolute atomic E-state index is 13.6. The molecule has 0 unspecified atom stereocenters. The number of carbonyl (C=O) groups is 2. The molecule has 28 heavy (non-hydrogen) atoms. The molecule has 1 aromatic heterocycles. The van der Waals surface area contributed by atoms with Gasteiger partial charge >= 0.3 is 6.18 Å². The van der Waals surface area contributed by atoms with Crippen LogP contribution in [0.15, 0.2) is 29.1 Å². The van der Waals surface area contributed by atoms with E-state index in [1.165, 1.54) is 20.3 Å². The van der Waals surface area contributed by atoms with Gasteiger partial charge in [0.2, 0.25) is 0 Å². The summed E-state index contributed by atoms with van der Waals surface area (Å²) in [5.74, 6) is -2.08. The number of aromatic nitrogens is 1. The van der Waals surface area contributed by atoms with Gasteiger partial charge in [0.25, 0.3) is 17.4 Å². The third-order valence-corrected chi connectivity index (χ3v) is 4.24. The molecule has 148 valence electrons. The lowest BCUT2D eigenvalue weighted by atomic mass is 10.0. The van der Waals surface area contributed by atoms with E-state index in [1.54, 1.807) is 0 Å². The molecule has 0 atom stereocenters. The second kappa shape index (κ2) is 6.77. The third-order valence-electron chi connectivity index (χ3n) is 4.24. The summed E-state index contributed by atoms with van der Waals surface area (Å²) in [5, 5.41) is 1.98. The van der Waals surface area contributed by atoms with Gasteiger partial charge in [-0.3, -0.25) is 24.3 Å². The molecule has 2 aromatic rings. The predicted molar refractivity (Wildman–Crippen MR) is 90.0 cm³/mol. The Labute approximate surface area is 155 Å². The summed E-state index contributed by atoms with van der Waals surface area (Å²) in [6, 6.07) is 3.83. The lowest BCUT2D eigenvalue weighted by molar-refractivity contribution is -0.147. The first kappa shape index (κ1) is 19.6. The number of anilines is 1. The highest BCUT2D eigenvalue weighted by Gasteiger charge is 2.37. The maximum atomic E-state index is 13.6. The highest BCUT2D eigenvalue weighted by atomic mass is 19.4. The van der Waals surface area contributed by atoms with Crippen LogP contribution >= 0.6 is 0 Å². The molecule has 0 saturated carbocycles. The number of halogens is 3. The van der Waals surface area contributed by atoms with Gasteiger partial charge in [0.15, 0.2) is 6.29 Å². The standard InChI is InChI=1S/C17H14F3N3O5/c1-27-16(28-2)8-4-3-7(5-10(8)17(18,19)20)23-11(24)6-9-12(13(23)21)15(26)22-14(9)25/h3-6,16H,21H2,1-2H3,(H,22,25,26). The van der Waals surface area contributed by atoms with Crippen molar-refractivity contribution in [3.05, 3.63) is 56.9 Å². The number of hydrogen-bond acceptors (Lipinski definition) is 6. The Bertz CT molecular complexity index is 1040. The first-order valence-electron chi connectivity index (χ1n) is 7.78. The second-order valence-corrected chi connectivity index (χ2v) is 5.85. The number of nitrogen functional groups attached to an aromatic ring is 1. The molecule has 8 nitrogen and oxygen atoms in total. The quantitative estimate of drug-likeness (QED) is 0.599. The number of imide groups is 1. The summed E-state index contributed by atoms with van der Waals surface area (Å²) in [6.45, 7) is 0. The molecule has 3 N–H and O–H groups in total. The topological polar surface area (TPSA) is 113 Å². The van der Waals surface area contributed by atoms with Crippen molar-refractivity contribution in [3.8, 4) is 5.69 Å². The summed E-state index contributed by atoms with van der Waals surface area (Å²) >= 11 is 0. The van der Waals surface area contributed by atoms with Gasteiger partial charge in [0.05, 0.1) is 22.4 Å². The van der Waals surface area contributed by atoms with Crippen molar-refractivity contribution in [2.75, 3.05) is 20.0 Å². The van der Waals surface area contributed by atoms with E-state index in [1.807, 2.05) is 5.32 Å². The largest absolute Gasteiger partial charge is 0.416 e. The smallest absolute Gasteiger partial charge is 0.384 e. The molecular weight excluding hydrogens is 383 g/mol. The normalized spacial score (nSPS) is 13.8. The molecule has 0 saturated heterocycles. The number of rotatable bonds is 4. The highest BCUT2D eigenvalue weighted by Crippen LogP contribution is 2.37. The third kappa shape index (κ3) is 3.04. The van der Waals surface area contributed by atoms with Crippen LogP contribution in [0, 0.1) is 0 Å². The van der Waals surface area contributed by atoms with E-state index in [4.69, 9.17) is 15.2 Å². The first-order valence-corrected chi connectivity index (χ1v) is 7.78. The molecule has 2 amide bonds. The highest BCUT2D eigenvalue weighted by molar-refractivity contribution is 6.23. The Hall–Kier alpha value is -3.18. The summed E-state index contributed by atoms with van der Waals surface area (Å²) < 4.78 is 51.2. The van der Waals surface area contributed by atoms with Crippen molar-refractivity contribution in [1.29, 1.82) is 0 Å². The number of nitrogens with zero attached hydrogens (tertiary/aromatic N) is 1. The van der Waals surface area contributed by atoms with Gasteiger partial charge in [-0.05, 0) is 12.1 Å². The van der Waals surface area contributed by atoms with Crippen LogP contribution in [0.1, 0.15) is 38.1 Å². The molecule has 2 heterocycles. The number of pyridine rings is 1. The van der Waals surface area contributed by atoms with E-state index < -0.39 is 41.2 Å². The number of alkyl halides is 3. The average Bonchev–Trinajstić information content (AvgIpc) is 2.89. The minimum atomic E-state index is -4.79. The van der Waals surface area contributed by atoms with E-state index in [0.717, 1.165) is 16.7 Å². The van der Waals surface area contributed by atoms with Crippen LogP contribution in [-0.2, 0) is 15.7 Å². The maximum Gasteiger partial charge on any atom is 0.416 e. The zero-order chi connectivity index (χ0) is 20.8. The van der Waals surface area contributed by atoms with Crippen LogP contribution < -0.4 is 16.6 Å². The first-order chi connectivity index (χ1) is 13.1. The van der Waals surface area contributed by atoms with Crippen LogP contribution in [0.2, 0.25) is 0 Å². The zero-order valence-electron chi connectivity index (χ0n) is 14.6. The SMILES string of the molecule is COC(OC)c1ccc(-n2c(N)c3c(cc2=O)C(=O)NC3=O)cc1C(F)(F)F. The molecule has 0 aliphatic carbocycles. The number of nitrogens with two attached hydrogens (primary N) is 1. The lowest BCUT2D eigenvalue weighted by Crippen LogP contribution is -2.25. The van der Waals surface area contributed by atoms with Crippen LogP contribution in [0.25, 0.3) is 5.69 Å². The molecular formula is C17H14F3N3O5. The Morgan fingerprint density at radius 3 is 2.29 bits per heavy atom. The van der Waals surface area contributed by atoms with Gasteiger partial charge < -0.3 is 15.2 Å². The number of carbonyl (C=O) groups excluding carboxylic acids is 2. The number of hydrogen-bond donors (Lipinski definition) is 2. The number of fused-ring (bicyclic) bond motifs is 1. The second-order valence-electron chi connectivity index (χ2n) is 5.85. The zero-order valence-corrected chi connectivity index (χ0v) is 14.6. The fourth-order valence-electron chi connectivity index (χ4n) is 3.03. The number of benzene rings is 1. The molecule has 1 aliphatic heterocycles. The van der Waals surface area contributed by atoms with Gasteiger partial charge in [-0.15, -0.1) is 0 Å². The molecule has 11 heteroatoms. The van der Waals surface area contributed by atoms with Gasteiger partial charge in [0, 0.05) is 25.8 Å². The molecule has 1 aliphatic rings. The van der Waals surface area contributed by atoms with E-state index in [0.29, 0.717) is 6.07 Å². The Balaban J connectivity index is 2.27. The van der Waals surface area contributed by atoms with Crippen LogP contribution in [0.5, 0.6) is 0 Å². The molecule has 0 fully saturated rings. The van der Waals surface area contributed by atoms with Crippen molar-refractivity contribution in [1.82, 2.24) is 9.88 Å². The Morgan fingerprint density at radius 2 is 1.71 bits per heavy atom. The minimum Gasteiger partial charge on any atom is -0.384 e. The van der Waals surface area contributed by atoms with Crippen molar-refractivity contribution in [2.45, 2.75) is 12.5 Å². The molecule has 1 aromatic carbocycles. The summed E-state index contributed by atoms with van der Waals surface area (Å²) in [4.78, 5) is 36.0. The fraction of sp³-hybridized carbons (Fsp3) is 0.235. The van der Waals surface area contributed by atoms with Gasteiger partial charge in [0.1, 0.15) is 5.82 Å². The molecule has 0 radical (unpaired) electrons. The summed E-state index contributed by atoms with van der Waals surface area (Å²) in [5.41, 5.74) is 2.84. The van der Waals surface area contributed by atoms with Gasteiger partial charge in [-0.25, -0.2) is 0 Å². The molecule has 0 bridgehead atoms. The van der Waals surface area contributed by atoms with Crippen LogP contribution in [-0.4, -0.2) is 30.6 Å². The van der Waals surface area contributed by atoms with E-state index >= 15 is 0 Å². The van der Waals surface area contributed by atoms with E-state index in [-0.39, 0.29) is 22.4 Å². The summed E-state index contributed by atoms with van der Waals surface area (Å²) in [6.07, 6.45) is -6.08. The lowest BCUT2D eigenvalue weighted by Gasteiger charge is -2.21. The minimum absolute atomic E-state index is 0.227. The summed E-state index contributed by atoms with van der Waals surface area (Å²) in [7, 11) is 2.36. The monoisotopic (exact) mass is 397 g/mol. The number of nitrogens with one attached hydrogen (secondary N) is 1. The van der Waals surface area contributed by atoms with Crippen molar-refractivity contribution >= 4 is 17.6 Å². The Kier molecular flexibility index (Phi) is 4.73. The number of methoxy groups -OCH3 is 2. The number of ether oxygens (including phenoxy) is 2. The van der Waals surface area contributed by atoms with Crippen molar-refractivity contribution in [2.24, 2.45) is 0 Å². The predicted octanol–water partition coefficient (Wildman–Crippen LogP) is 1.61. The average molecular weight is 397 g/mol. The molecule has 0 spiro atoms. The van der Waals surface area contributed by atoms with Gasteiger partial charge in [-0.2, -0.15) is 13.2 Å². The fourth-order valence-corrected chi connectivity index (χ4v) is 3.03. The van der Waals surface area contributed by atoms with E-state index in [9.17, 15) is 27.6 Å². The number of amides is 2. The van der Waals surface area contributed by atoms with E-state index in [2.05, 4.69) is 0 Å². The molecule has 3 rings (SSSR count). The van der Waals surface area contributed by atoms with Crippen LogP contribution in [0.3, 0.4) is 0 Å². The van der Waals surface area contributed by atoms with Crippen molar-refractivity contribution < 1.29 is 32.2 Å². The Morgan fingerprint density at radius 1 is 1.07 bits per heavy atom. The van der Waals surface area contributed by atoms with Crippen LogP contribution in [0.4, 0.5) is 19.0 Å².